The third kappa shape index (κ3) is 3.50. The molecule has 0 unspecified atom stereocenters. The summed E-state index contributed by atoms with van der Waals surface area (Å²) in [6.45, 7) is 8.28. The highest BCUT2D eigenvalue weighted by Crippen LogP contribution is 2.20. The van der Waals surface area contributed by atoms with Crippen LogP contribution in [0, 0.1) is 5.82 Å². The van der Waals surface area contributed by atoms with Crippen LogP contribution in [0.25, 0.3) is 5.69 Å². The van der Waals surface area contributed by atoms with Crippen LogP contribution in [0.5, 0.6) is 0 Å². The van der Waals surface area contributed by atoms with Gasteiger partial charge in [0.1, 0.15) is 5.82 Å². The lowest BCUT2D eigenvalue weighted by Gasteiger charge is -2.08. The lowest BCUT2D eigenvalue weighted by molar-refractivity contribution is 0.626. The largest absolute Gasteiger partial charge is 0.313 e. The van der Waals surface area contributed by atoms with Crippen LogP contribution in [0.3, 0.4) is 0 Å². The molecule has 3 nitrogen and oxygen atoms in total. The molecule has 0 aliphatic carbocycles. The van der Waals surface area contributed by atoms with Crippen LogP contribution >= 0.6 is 0 Å². The van der Waals surface area contributed by atoms with Gasteiger partial charge in [0.2, 0.25) is 0 Å². The van der Waals surface area contributed by atoms with Crippen LogP contribution in [0.2, 0.25) is 0 Å². The van der Waals surface area contributed by atoms with Crippen molar-refractivity contribution < 1.29 is 4.39 Å². The molecular weight excluding hydrogens is 265 g/mol. The molecule has 0 saturated carbocycles. The molecule has 21 heavy (non-hydrogen) atoms. The van der Waals surface area contributed by atoms with Crippen molar-refractivity contribution in [3.05, 3.63) is 47.0 Å². The Hall–Kier alpha value is -1.68. The van der Waals surface area contributed by atoms with Crippen LogP contribution in [-0.2, 0) is 19.4 Å². The van der Waals surface area contributed by atoms with Crippen molar-refractivity contribution in [1.82, 2.24) is 15.1 Å². The van der Waals surface area contributed by atoms with Crippen molar-refractivity contribution in [3.63, 3.8) is 0 Å². The van der Waals surface area contributed by atoms with E-state index in [-0.39, 0.29) is 5.82 Å². The second kappa shape index (κ2) is 7.36. The molecule has 1 aromatic carbocycles. The molecule has 1 N–H and O–H groups in total. The summed E-state index contributed by atoms with van der Waals surface area (Å²) < 4.78 is 15.1. The summed E-state index contributed by atoms with van der Waals surface area (Å²) in [6.07, 6.45) is 2.94. The quantitative estimate of drug-likeness (QED) is 0.789. The summed E-state index contributed by atoms with van der Waals surface area (Å²) in [7, 11) is 0. The second-order valence-electron chi connectivity index (χ2n) is 5.14. The van der Waals surface area contributed by atoms with E-state index in [1.165, 1.54) is 23.4 Å². The first-order chi connectivity index (χ1) is 10.2. The van der Waals surface area contributed by atoms with E-state index >= 15 is 0 Å². The zero-order chi connectivity index (χ0) is 15.2. The molecule has 0 aliphatic rings. The molecule has 1 aromatic heterocycles. The predicted octanol–water partition coefficient (Wildman–Crippen LogP) is 3.64. The fourth-order valence-electron chi connectivity index (χ4n) is 2.57. The maximum absolute atomic E-state index is 13.1. The highest BCUT2D eigenvalue weighted by atomic mass is 19.1. The molecule has 0 atom stereocenters. The van der Waals surface area contributed by atoms with Gasteiger partial charge >= 0.3 is 0 Å². The summed E-state index contributed by atoms with van der Waals surface area (Å²) in [5.41, 5.74) is 4.55. The molecule has 0 bridgehead atoms. The van der Waals surface area contributed by atoms with Gasteiger partial charge in [-0.2, -0.15) is 5.10 Å². The molecular formula is C17H24FN3. The van der Waals surface area contributed by atoms with Crippen LogP contribution in [0.1, 0.15) is 44.1 Å². The molecule has 2 rings (SSSR count). The Morgan fingerprint density at radius 1 is 1.10 bits per heavy atom. The van der Waals surface area contributed by atoms with Crippen LogP contribution in [0.4, 0.5) is 4.39 Å². The van der Waals surface area contributed by atoms with Gasteiger partial charge in [-0.25, -0.2) is 9.07 Å². The third-order valence-electron chi connectivity index (χ3n) is 3.64. The SMILES string of the molecule is CCCNCc1c(CC)nn(-c2ccc(F)cc2)c1CC. The van der Waals surface area contributed by atoms with Gasteiger partial charge in [-0.15, -0.1) is 0 Å². The summed E-state index contributed by atoms with van der Waals surface area (Å²) in [6, 6.07) is 6.53. The van der Waals surface area contributed by atoms with Gasteiger partial charge in [-0.1, -0.05) is 20.8 Å². The van der Waals surface area contributed by atoms with Crippen molar-refractivity contribution >= 4 is 0 Å². The zero-order valence-corrected chi connectivity index (χ0v) is 13.1. The number of hydrogen-bond acceptors (Lipinski definition) is 2. The predicted molar refractivity (Wildman–Crippen MR) is 84.3 cm³/mol. The van der Waals surface area contributed by atoms with E-state index < -0.39 is 0 Å². The van der Waals surface area contributed by atoms with E-state index in [0.29, 0.717) is 0 Å². The normalized spacial score (nSPS) is 11.0. The molecule has 0 aliphatic heterocycles. The summed E-state index contributed by atoms with van der Waals surface area (Å²) >= 11 is 0. The highest BCUT2D eigenvalue weighted by molar-refractivity contribution is 5.38. The maximum atomic E-state index is 13.1. The molecule has 2 aromatic rings. The topological polar surface area (TPSA) is 29.9 Å². The molecule has 0 saturated heterocycles. The minimum absolute atomic E-state index is 0.218. The van der Waals surface area contributed by atoms with Crippen molar-refractivity contribution in [2.75, 3.05) is 6.54 Å². The van der Waals surface area contributed by atoms with Gasteiger partial charge in [-0.05, 0) is 50.1 Å². The molecule has 4 heteroatoms. The molecule has 0 spiro atoms. The number of hydrogen-bond donors (Lipinski definition) is 1. The summed E-state index contributed by atoms with van der Waals surface area (Å²) in [5.74, 6) is -0.218. The Bertz CT molecular complexity index is 572. The van der Waals surface area contributed by atoms with Crippen molar-refractivity contribution in [3.8, 4) is 5.69 Å². The fraction of sp³-hybridized carbons (Fsp3) is 0.471. The van der Waals surface area contributed by atoms with Crippen LogP contribution in [0.15, 0.2) is 24.3 Å². The molecule has 1 heterocycles. The average molecular weight is 289 g/mol. The molecule has 0 fully saturated rings. The molecule has 114 valence electrons. The number of halogens is 1. The van der Waals surface area contributed by atoms with Crippen LogP contribution in [-0.4, -0.2) is 16.3 Å². The number of benzene rings is 1. The Labute approximate surface area is 126 Å². The number of rotatable bonds is 7. The Balaban J connectivity index is 2.39. The minimum atomic E-state index is -0.218. The van der Waals surface area contributed by atoms with Crippen molar-refractivity contribution in [1.29, 1.82) is 0 Å². The second-order valence-corrected chi connectivity index (χ2v) is 5.14. The Morgan fingerprint density at radius 3 is 2.38 bits per heavy atom. The monoisotopic (exact) mass is 289 g/mol. The number of nitrogens with one attached hydrogen (secondary N) is 1. The minimum Gasteiger partial charge on any atom is -0.313 e. The van der Waals surface area contributed by atoms with E-state index in [1.807, 2.05) is 4.68 Å². The maximum Gasteiger partial charge on any atom is 0.123 e. The van der Waals surface area contributed by atoms with Gasteiger partial charge in [0.25, 0.3) is 0 Å². The number of aryl methyl sites for hydroxylation is 1. The average Bonchev–Trinajstić information content (AvgIpc) is 2.86. The van der Waals surface area contributed by atoms with E-state index in [1.54, 1.807) is 12.1 Å². The van der Waals surface area contributed by atoms with Gasteiger partial charge in [0.15, 0.2) is 0 Å². The number of nitrogens with zero attached hydrogens (tertiary/aromatic N) is 2. The van der Waals surface area contributed by atoms with Gasteiger partial charge in [0.05, 0.1) is 11.4 Å². The molecule has 0 radical (unpaired) electrons. The first-order valence-electron chi connectivity index (χ1n) is 7.77. The van der Waals surface area contributed by atoms with Gasteiger partial charge in [0, 0.05) is 17.8 Å². The van der Waals surface area contributed by atoms with Crippen molar-refractivity contribution in [2.24, 2.45) is 0 Å². The van der Waals surface area contributed by atoms with E-state index in [4.69, 9.17) is 5.10 Å². The first kappa shape index (κ1) is 15.7. The Morgan fingerprint density at radius 2 is 1.81 bits per heavy atom. The van der Waals surface area contributed by atoms with E-state index in [2.05, 4.69) is 26.1 Å². The molecule has 0 amide bonds. The lowest BCUT2D eigenvalue weighted by Crippen LogP contribution is -2.16. The summed E-state index contributed by atoms with van der Waals surface area (Å²) in [5, 5.41) is 8.19. The van der Waals surface area contributed by atoms with E-state index in [9.17, 15) is 4.39 Å². The standard InChI is InChI=1S/C17H24FN3/c1-4-11-19-12-15-16(5-2)20-21(17(15)6-3)14-9-7-13(18)8-10-14/h7-10,19H,4-6,11-12H2,1-3H3. The summed E-state index contributed by atoms with van der Waals surface area (Å²) in [4.78, 5) is 0. The van der Waals surface area contributed by atoms with Gasteiger partial charge < -0.3 is 5.32 Å². The fourth-order valence-corrected chi connectivity index (χ4v) is 2.57. The van der Waals surface area contributed by atoms with E-state index in [0.717, 1.165) is 43.7 Å². The van der Waals surface area contributed by atoms with Crippen molar-refractivity contribution in [2.45, 2.75) is 46.6 Å². The zero-order valence-electron chi connectivity index (χ0n) is 13.1. The highest BCUT2D eigenvalue weighted by Gasteiger charge is 2.16. The smallest absolute Gasteiger partial charge is 0.123 e. The number of aromatic nitrogens is 2. The lowest BCUT2D eigenvalue weighted by atomic mass is 10.1. The van der Waals surface area contributed by atoms with Crippen LogP contribution < -0.4 is 5.32 Å². The Kier molecular flexibility index (Phi) is 5.51. The van der Waals surface area contributed by atoms with Gasteiger partial charge in [-0.3, -0.25) is 0 Å². The third-order valence-corrected chi connectivity index (χ3v) is 3.64. The first-order valence-corrected chi connectivity index (χ1v) is 7.77.